The third-order valence-corrected chi connectivity index (χ3v) is 19.7. The number of halogens is 1. The van der Waals surface area contributed by atoms with Gasteiger partial charge < -0.3 is 47.7 Å². The molecule has 5 aliphatic rings. The van der Waals surface area contributed by atoms with E-state index >= 15 is 0 Å². The predicted molar refractivity (Wildman–Crippen MR) is 333 cm³/mol. The van der Waals surface area contributed by atoms with E-state index in [9.17, 15) is 9.59 Å². The first-order valence-corrected chi connectivity index (χ1v) is 32.0. The van der Waals surface area contributed by atoms with Crippen LogP contribution in [0.2, 0.25) is 0 Å². The Balaban J connectivity index is 0.000000168. The molecule has 2 N–H and O–H groups in total. The SMILES string of the molecule is Brc1ccccc1SCCOC1CCCCO1.C.COC(=O)c1ccc2c(C3CCCCC3)c(-c3ccccc3SCCOC3CCCCO3)[nH]c2c1.COC(=O)c1ccc2c(C3CCCCC3)c(B3OC(C)(C)C(C)(C)O3)[nH]c2c1. The number of ether oxygens (including phenoxy) is 6. The minimum absolute atomic E-state index is 0. The Morgan fingerprint density at radius 1 is 0.593 bits per heavy atom. The normalized spacial score (nSPS) is 20.2. The van der Waals surface area contributed by atoms with Gasteiger partial charge in [0, 0.05) is 71.9 Å². The molecule has 12 nitrogen and oxygen atoms in total. The van der Waals surface area contributed by atoms with Crippen molar-refractivity contribution in [2.75, 3.05) is 52.2 Å². The zero-order valence-electron chi connectivity index (χ0n) is 47.8. The summed E-state index contributed by atoms with van der Waals surface area (Å²) in [7, 11) is 2.40. The van der Waals surface area contributed by atoms with E-state index < -0.39 is 18.3 Å². The van der Waals surface area contributed by atoms with E-state index in [1.165, 1.54) is 135 Å². The highest BCUT2D eigenvalue weighted by Gasteiger charge is 2.53. The highest BCUT2D eigenvalue weighted by molar-refractivity contribution is 9.10. The molecule has 2 unspecified atom stereocenters. The lowest BCUT2D eigenvalue weighted by Crippen LogP contribution is -2.41. The summed E-state index contributed by atoms with van der Waals surface area (Å²) >= 11 is 7.18. The Bertz CT molecular complexity index is 2960. The van der Waals surface area contributed by atoms with Crippen LogP contribution in [0, 0.1) is 0 Å². The number of fused-ring (bicyclic) bond motifs is 2. The van der Waals surface area contributed by atoms with E-state index in [0.29, 0.717) is 29.6 Å². The first-order valence-electron chi connectivity index (χ1n) is 29.2. The van der Waals surface area contributed by atoms with Crippen molar-refractivity contribution in [2.45, 2.75) is 183 Å². The molecule has 2 aromatic heterocycles. The van der Waals surface area contributed by atoms with Gasteiger partial charge in [-0.3, -0.25) is 0 Å². The van der Waals surface area contributed by atoms with Crippen LogP contribution >= 0.6 is 39.5 Å². The van der Waals surface area contributed by atoms with Crippen LogP contribution in [0.4, 0.5) is 0 Å². The van der Waals surface area contributed by atoms with Gasteiger partial charge in [0.25, 0.3) is 0 Å². The molecule has 5 heterocycles. The average molecular weight is 1210 g/mol. The number of carbonyl (C=O) groups is 2. The third kappa shape index (κ3) is 16.0. The number of thioether (sulfide) groups is 2. The maximum absolute atomic E-state index is 12.2. The monoisotopic (exact) mass is 1210 g/mol. The van der Waals surface area contributed by atoms with Gasteiger partial charge >= 0.3 is 19.1 Å². The molecule has 81 heavy (non-hydrogen) atoms. The fourth-order valence-electron chi connectivity index (χ4n) is 11.7. The molecule has 4 aromatic carbocycles. The molecular formula is C65H86BBrN2O10S2. The van der Waals surface area contributed by atoms with Crippen LogP contribution in [0.1, 0.15) is 182 Å². The zero-order valence-corrected chi connectivity index (χ0v) is 51.0. The Morgan fingerprint density at radius 2 is 1.06 bits per heavy atom. The number of H-pyrrole nitrogens is 2. The molecule has 3 aliphatic heterocycles. The van der Waals surface area contributed by atoms with E-state index in [0.717, 1.165) is 77.1 Å². The summed E-state index contributed by atoms with van der Waals surface area (Å²) in [6, 6.07) is 28.6. The van der Waals surface area contributed by atoms with Crippen LogP contribution in [0.25, 0.3) is 33.1 Å². The standard InChI is InChI=1S/C29H35NO4S.C22H30BNO4.C13H17BrO2S.CH4/c1-32-29(31)21-14-15-22-24(19-21)30-28(27(22)20-9-3-2-4-10-20)23-11-5-6-12-25(23)35-18-17-34-26-13-7-8-16-33-26;1-21(2)22(3,4)28-23(27-21)19-18(14-9-7-6-8-10-14)16-12-11-15(20(25)26-5)13-17(16)24-19;14-11-5-1-2-6-12(11)17-10-9-16-13-7-3-4-8-15-13;/h5-6,11-12,14-15,19-20,26,30H,2-4,7-10,13,16-18H2,1H3;11-14,24H,6-10H2,1-5H3;1-2,5-6,13H,3-4,7-10H2;1H4. The Morgan fingerprint density at radius 3 is 1.58 bits per heavy atom. The molecule has 0 bridgehead atoms. The molecule has 2 aliphatic carbocycles. The lowest BCUT2D eigenvalue weighted by Gasteiger charge is -2.32. The highest BCUT2D eigenvalue weighted by atomic mass is 79.9. The number of hydrogen-bond acceptors (Lipinski definition) is 12. The van der Waals surface area contributed by atoms with Crippen LogP contribution in [-0.2, 0) is 37.7 Å². The number of benzene rings is 4. The van der Waals surface area contributed by atoms with Gasteiger partial charge in [-0.2, -0.15) is 0 Å². The second kappa shape index (κ2) is 30.1. The fourth-order valence-corrected chi connectivity index (χ4v) is 14.0. The predicted octanol–water partition coefficient (Wildman–Crippen LogP) is 16.3. The molecule has 2 atom stereocenters. The van der Waals surface area contributed by atoms with Gasteiger partial charge in [0.15, 0.2) is 12.6 Å². The van der Waals surface area contributed by atoms with Gasteiger partial charge in [-0.15, -0.1) is 23.5 Å². The second-order valence-corrected chi connectivity index (χ2v) is 25.7. The average Bonchev–Trinajstić information content (AvgIpc) is 3.52. The minimum atomic E-state index is -0.434. The van der Waals surface area contributed by atoms with Crippen molar-refractivity contribution in [1.82, 2.24) is 9.97 Å². The number of methoxy groups -OCH3 is 2. The minimum Gasteiger partial charge on any atom is -0.465 e. The van der Waals surface area contributed by atoms with Gasteiger partial charge in [-0.25, -0.2) is 9.59 Å². The van der Waals surface area contributed by atoms with Gasteiger partial charge in [0.05, 0.1) is 55.5 Å². The number of aromatic nitrogens is 2. The summed E-state index contributed by atoms with van der Waals surface area (Å²) in [5, 5.41) is 2.38. The van der Waals surface area contributed by atoms with Gasteiger partial charge in [0.2, 0.25) is 0 Å². The first kappa shape index (κ1) is 62.9. The van der Waals surface area contributed by atoms with E-state index in [4.69, 9.17) is 37.7 Å². The Hall–Kier alpha value is -4.10. The van der Waals surface area contributed by atoms with E-state index in [2.05, 4.69) is 102 Å². The number of aromatic amines is 2. The molecule has 3 saturated heterocycles. The number of carbonyl (C=O) groups excluding carboxylic acids is 2. The molecule has 438 valence electrons. The quantitative estimate of drug-likeness (QED) is 0.0413. The lowest BCUT2D eigenvalue weighted by atomic mass is 9.74. The highest BCUT2D eigenvalue weighted by Crippen LogP contribution is 2.45. The summed E-state index contributed by atoms with van der Waals surface area (Å²) < 4.78 is 46.6. The fraction of sp³-hybridized carbons (Fsp3) is 0.538. The third-order valence-electron chi connectivity index (χ3n) is 16.6. The zero-order chi connectivity index (χ0) is 56.1. The van der Waals surface area contributed by atoms with Crippen LogP contribution in [0.5, 0.6) is 0 Å². The van der Waals surface area contributed by atoms with Crippen molar-refractivity contribution in [3.05, 3.63) is 112 Å². The van der Waals surface area contributed by atoms with E-state index in [1.807, 2.05) is 59.9 Å². The summed E-state index contributed by atoms with van der Waals surface area (Å²) in [6.45, 7) is 11.4. The van der Waals surface area contributed by atoms with Gasteiger partial charge in [-0.05, 0) is 173 Å². The molecule has 2 saturated carbocycles. The molecular weight excluding hydrogens is 1120 g/mol. The largest absolute Gasteiger partial charge is 0.512 e. The van der Waals surface area contributed by atoms with Gasteiger partial charge in [0.1, 0.15) is 0 Å². The van der Waals surface area contributed by atoms with E-state index in [-0.39, 0.29) is 31.9 Å². The summed E-state index contributed by atoms with van der Waals surface area (Å²) in [6.07, 6.45) is 19.2. The van der Waals surface area contributed by atoms with Crippen molar-refractivity contribution in [3.8, 4) is 11.3 Å². The van der Waals surface area contributed by atoms with Crippen LogP contribution < -0.4 is 5.59 Å². The molecule has 0 radical (unpaired) electrons. The molecule has 5 fully saturated rings. The van der Waals surface area contributed by atoms with E-state index in [1.54, 1.807) is 0 Å². The number of nitrogens with one attached hydrogen (secondary N) is 2. The summed E-state index contributed by atoms with van der Waals surface area (Å²) in [4.78, 5) is 33.9. The number of hydrogen-bond donors (Lipinski definition) is 2. The van der Waals surface area contributed by atoms with Crippen molar-refractivity contribution in [3.63, 3.8) is 0 Å². The molecule has 11 rings (SSSR count). The molecule has 6 aromatic rings. The maximum atomic E-state index is 12.2. The number of rotatable bonds is 16. The van der Waals surface area contributed by atoms with Crippen molar-refractivity contribution in [2.24, 2.45) is 0 Å². The second-order valence-electron chi connectivity index (χ2n) is 22.6. The smallest absolute Gasteiger partial charge is 0.465 e. The summed E-state index contributed by atoms with van der Waals surface area (Å²) in [5.41, 5.74) is 8.39. The van der Waals surface area contributed by atoms with Crippen molar-refractivity contribution in [1.29, 1.82) is 0 Å². The van der Waals surface area contributed by atoms with Crippen LogP contribution in [-0.4, -0.2) is 105 Å². The van der Waals surface area contributed by atoms with Crippen LogP contribution in [0.3, 0.4) is 0 Å². The first-order chi connectivity index (χ1) is 38.8. The lowest BCUT2D eigenvalue weighted by molar-refractivity contribution is -0.158. The topological polar surface area (TPSA) is 140 Å². The van der Waals surface area contributed by atoms with Crippen LogP contribution in [0.15, 0.2) is 99.2 Å². The molecule has 0 amide bonds. The molecule has 0 spiro atoms. The van der Waals surface area contributed by atoms with Gasteiger partial charge in [-0.1, -0.05) is 88.4 Å². The maximum Gasteiger partial charge on any atom is 0.512 e. The summed E-state index contributed by atoms with van der Waals surface area (Å²) in [5.74, 6) is 2.22. The van der Waals surface area contributed by atoms with Crippen molar-refractivity contribution >= 4 is 85.9 Å². The molecule has 16 heteroatoms. The Kier molecular flexibility index (Phi) is 23.4. The van der Waals surface area contributed by atoms with Crippen molar-refractivity contribution < 1.29 is 47.3 Å². The number of esters is 2. The Labute approximate surface area is 498 Å².